The van der Waals surface area contributed by atoms with E-state index >= 15 is 0 Å². The molecular formula is C21H22N4O2. The molecule has 1 atom stereocenters. The first-order chi connectivity index (χ1) is 13.1. The van der Waals surface area contributed by atoms with Crippen molar-refractivity contribution in [2.75, 3.05) is 7.11 Å². The van der Waals surface area contributed by atoms with Gasteiger partial charge in [0.2, 0.25) is 0 Å². The highest BCUT2D eigenvalue weighted by atomic mass is 16.5. The molecule has 138 valence electrons. The van der Waals surface area contributed by atoms with E-state index in [0.717, 1.165) is 27.9 Å². The molecule has 4 aromatic rings. The van der Waals surface area contributed by atoms with E-state index in [1.54, 1.807) is 18.0 Å². The largest absolute Gasteiger partial charge is 0.497 e. The van der Waals surface area contributed by atoms with E-state index < -0.39 is 0 Å². The van der Waals surface area contributed by atoms with Crippen molar-refractivity contribution in [2.45, 2.75) is 26.1 Å². The molecule has 2 aromatic heterocycles. The Kier molecular flexibility index (Phi) is 4.64. The van der Waals surface area contributed by atoms with E-state index in [1.807, 2.05) is 42.5 Å². The van der Waals surface area contributed by atoms with Crippen LogP contribution in [0.1, 0.15) is 12.6 Å². The molecule has 0 bridgehead atoms. The minimum Gasteiger partial charge on any atom is -0.497 e. The molecule has 0 unspecified atom stereocenters. The van der Waals surface area contributed by atoms with Gasteiger partial charge in [0.05, 0.1) is 24.3 Å². The summed E-state index contributed by atoms with van der Waals surface area (Å²) in [5.74, 6) is 0.845. The van der Waals surface area contributed by atoms with Crippen LogP contribution in [0, 0.1) is 0 Å². The third kappa shape index (κ3) is 3.57. The molecule has 2 aromatic carbocycles. The van der Waals surface area contributed by atoms with Crippen LogP contribution in [0.4, 0.5) is 0 Å². The Morgan fingerprint density at radius 1 is 1.22 bits per heavy atom. The van der Waals surface area contributed by atoms with Crippen LogP contribution in [-0.4, -0.2) is 27.7 Å². The highest BCUT2D eigenvalue weighted by Gasteiger charge is 2.09. The number of hydrogen-bond acceptors (Lipinski definition) is 4. The summed E-state index contributed by atoms with van der Waals surface area (Å²) < 4.78 is 6.93. The van der Waals surface area contributed by atoms with Crippen LogP contribution < -0.4 is 15.6 Å². The number of H-pyrrole nitrogens is 1. The summed E-state index contributed by atoms with van der Waals surface area (Å²) in [5, 5.41) is 5.23. The number of nitrogens with one attached hydrogen (secondary N) is 2. The number of nitrogens with zero attached hydrogens (tertiary/aromatic N) is 2. The van der Waals surface area contributed by atoms with Gasteiger partial charge in [-0.1, -0.05) is 12.1 Å². The molecule has 27 heavy (non-hydrogen) atoms. The molecule has 0 aliphatic carbocycles. The maximum absolute atomic E-state index is 12.6. The predicted molar refractivity (Wildman–Crippen MR) is 107 cm³/mol. The number of hydrogen-bond donors (Lipinski definition) is 2. The van der Waals surface area contributed by atoms with E-state index in [2.05, 4.69) is 28.3 Å². The second-order valence-electron chi connectivity index (χ2n) is 6.75. The van der Waals surface area contributed by atoms with Crippen LogP contribution >= 0.6 is 0 Å². The topological polar surface area (TPSA) is 71.9 Å². The molecule has 6 heteroatoms. The second-order valence-corrected chi connectivity index (χ2v) is 6.75. The average molecular weight is 362 g/mol. The van der Waals surface area contributed by atoms with Crippen LogP contribution in [0.5, 0.6) is 5.75 Å². The van der Waals surface area contributed by atoms with E-state index in [4.69, 9.17) is 4.74 Å². The van der Waals surface area contributed by atoms with Crippen LogP contribution in [0.25, 0.3) is 21.8 Å². The molecule has 0 amide bonds. The molecule has 0 aliphatic heterocycles. The first-order valence-electron chi connectivity index (χ1n) is 8.97. The van der Waals surface area contributed by atoms with Gasteiger partial charge in [0.25, 0.3) is 5.56 Å². The summed E-state index contributed by atoms with van der Waals surface area (Å²) in [6.07, 6.45) is 1.62. The van der Waals surface area contributed by atoms with E-state index in [1.165, 1.54) is 0 Å². The third-order valence-corrected chi connectivity index (χ3v) is 4.73. The number of rotatable bonds is 6. The van der Waals surface area contributed by atoms with Gasteiger partial charge < -0.3 is 15.0 Å². The SMILES string of the molecule is COc1ccc2[nH]c(CN[C@H](C)Cn3cnc4ccccc4c3=O)cc2c1. The number of aromatic amines is 1. The number of para-hydroxylation sites is 1. The van der Waals surface area contributed by atoms with Crippen molar-refractivity contribution in [1.82, 2.24) is 19.9 Å². The van der Waals surface area contributed by atoms with E-state index in [9.17, 15) is 4.79 Å². The zero-order valence-electron chi connectivity index (χ0n) is 15.4. The molecular weight excluding hydrogens is 340 g/mol. The quantitative estimate of drug-likeness (QED) is 0.553. The maximum Gasteiger partial charge on any atom is 0.261 e. The van der Waals surface area contributed by atoms with Crippen LogP contribution in [0.15, 0.2) is 59.7 Å². The highest BCUT2D eigenvalue weighted by molar-refractivity contribution is 5.82. The van der Waals surface area contributed by atoms with Crippen molar-refractivity contribution < 1.29 is 4.74 Å². The highest BCUT2D eigenvalue weighted by Crippen LogP contribution is 2.21. The Labute approximate surface area is 156 Å². The standard InChI is InChI=1S/C21H22N4O2/c1-14(12-25-13-23-20-6-4-3-5-18(20)21(25)26)22-11-16-9-15-10-17(27-2)7-8-19(15)24-16/h3-10,13-14,22,24H,11-12H2,1-2H3/t14-/m1/s1. The monoisotopic (exact) mass is 362 g/mol. The molecule has 0 aliphatic rings. The fraction of sp³-hybridized carbons (Fsp3) is 0.238. The molecule has 0 radical (unpaired) electrons. The summed E-state index contributed by atoms with van der Waals surface area (Å²) in [6.45, 7) is 3.31. The fourth-order valence-electron chi connectivity index (χ4n) is 3.27. The van der Waals surface area contributed by atoms with Crippen LogP contribution in [-0.2, 0) is 13.1 Å². The molecule has 0 fully saturated rings. The van der Waals surface area contributed by atoms with Gasteiger partial charge in [0.15, 0.2) is 0 Å². The van der Waals surface area contributed by atoms with Crippen molar-refractivity contribution in [1.29, 1.82) is 0 Å². The van der Waals surface area contributed by atoms with Gasteiger partial charge in [-0.25, -0.2) is 4.98 Å². The zero-order chi connectivity index (χ0) is 18.8. The fourth-order valence-corrected chi connectivity index (χ4v) is 3.27. The molecule has 0 saturated carbocycles. The lowest BCUT2D eigenvalue weighted by Gasteiger charge is -2.15. The van der Waals surface area contributed by atoms with Crippen LogP contribution in [0.2, 0.25) is 0 Å². The van der Waals surface area contributed by atoms with Crippen molar-refractivity contribution in [2.24, 2.45) is 0 Å². The number of benzene rings is 2. The smallest absolute Gasteiger partial charge is 0.261 e. The molecule has 6 nitrogen and oxygen atoms in total. The Bertz CT molecular complexity index is 1150. The lowest BCUT2D eigenvalue weighted by molar-refractivity contribution is 0.415. The number of fused-ring (bicyclic) bond motifs is 2. The van der Waals surface area contributed by atoms with E-state index in [-0.39, 0.29) is 11.6 Å². The first kappa shape index (κ1) is 17.3. The lowest BCUT2D eigenvalue weighted by atomic mass is 10.2. The Hall–Kier alpha value is -3.12. The Morgan fingerprint density at radius 2 is 2.07 bits per heavy atom. The van der Waals surface area contributed by atoms with Crippen molar-refractivity contribution >= 4 is 21.8 Å². The maximum atomic E-state index is 12.6. The average Bonchev–Trinajstić information content (AvgIpc) is 3.11. The van der Waals surface area contributed by atoms with Crippen molar-refractivity contribution in [3.63, 3.8) is 0 Å². The molecule has 2 heterocycles. The number of ether oxygens (including phenoxy) is 1. The summed E-state index contributed by atoms with van der Waals surface area (Å²) in [5.41, 5.74) is 2.89. The minimum atomic E-state index is -0.00745. The second kappa shape index (κ2) is 7.25. The normalized spacial score (nSPS) is 12.5. The van der Waals surface area contributed by atoms with Crippen LogP contribution in [0.3, 0.4) is 0 Å². The summed E-state index contributed by atoms with van der Waals surface area (Å²) in [6, 6.07) is 15.6. The van der Waals surface area contributed by atoms with Gasteiger partial charge in [0.1, 0.15) is 5.75 Å². The summed E-state index contributed by atoms with van der Waals surface area (Å²) >= 11 is 0. The predicted octanol–water partition coefficient (Wildman–Crippen LogP) is 3.06. The van der Waals surface area contributed by atoms with Gasteiger partial charge in [-0.05, 0) is 43.3 Å². The van der Waals surface area contributed by atoms with Gasteiger partial charge in [-0.2, -0.15) is 0 Å². The number of aromatic nitrogens is 3. The van der Waals surface area contributed by atoms with E-state index in [0.29, 0.717) is 18.5 Å². The Balaban J connectivity index is 1.45. The van der Waals surface area contributed by atoms with Gasteiger partial charge in [-0.3, -0.25) is 9.36 Å². The van der Waals surface area contributed by atoms with Gasteiger partial charge >= 0.3 is 0 Å². The molecule has 4 rings (SSSR count). The summed E-state index contributed by atoms with van der Waals surface area (Å²) in [7, 11) is 1.67. The third-order valence-electron chi connectivity index (χ3n) is 4.73. The van der Waals surface area contributed by atoms with Gasteiger partial charge in [0, 0.05) is 35.7 Å². The number of methoxy groups -OCH3 is 1. The first-order valence-corrected chi connectivity index (χ1v) is 8.97. The Morgan fingerprint density at radius 3 is 2.93 bits per heavy atom. The van der Waals surface area contributed by atoms with Crippen molar-refractivity contribution in [3.8, 4) is 5.75 Å². The zero-order valence-corrected chi connectivity index (χ0v) is 15.4. The lowest BCUT2D eigenvalue weighted by Crippen LogP contribution is -2.34. The van der Waals surface area contributed by atoms with Crippen molar-refractivity contribution in [3.05, 3.63) is 70.9 Å². The molecule has 0 spiro atoms. The summed E-state index contributed by atoms with van der Waals surface area (Å²) in [4.78, 5) is 20.4. The molecule has 0 saturated heterocycles. The van der Waals surface area contributed by atoms with Gasteiger partial charge in [-0.15, -0.1) is 0 Å². The minimum absolute atomic E-state index is 0.00745. The molecule has 2 N–H and O–H groups in total.